The molecule has 1 heterocycles. The third-order valence-electron chi connectivity index (χ3n) is 4.89. The Morgan fingerprint density at radius 2 is 1.86 bits per heavy atom. The van der Waals surface area contributed by atoms with E-state index in [0.717, 1.165) is 19.3 Å². The normalized spacial score (nSPS) is 17.9. The highest BCUT2D eigenvalue weighted by molar-refractivity contribution is 7.89. The maximum absolute atomic E-state index is 12.9. The zero-order valence-electron chi connectivity index (χ0n) is 16.2. The van der Waals surface area contributed by atoms with E-state index in [1.807, 2.05) is 19.9 Å². The number of amides is 1. The molecule has 0 saturated carbocycles. The van der Waals surface area contributed by atoms with Gasteiger partial charge in [-0.15, -0.1) is 0 Å². The summed E-state index contributed by atoms with van der Waals surface area (Å²) in [5.41, 5.74) is 0.963. The number of carbonyl (C=O) groups is 1. The van der Waals surface area contributed by atoms with E-state index in [9.17, 15) is 13.2 Å². The fraction of sp³-hybridized carbons (Fsp3) is 0.381. The molecule has 150 valence electrons. The molecule has 1 fully saturated rings. The van der Waals surface area contributed by atoms with Gasteiger partial charge in [0.05, 0.1) is 17.1 Å². The molecule has 0 aromatic heterocycles. The topological polar surface area (TPSA) is 75.7 Å². The maximum atomic E-state index is 12.9. The highest BCUT2D eigenvalue weighted by Crippen LogP contribution is 2.26. The zero-order valence-corrected chi connectivity index (χ0v) is 17.0. The molecule has 2 aromatic rings. The molecule has 0 bridgehead atoms. The quantitative estimate of drug-likeness (QED) is 0.795. The Kier molecular flexibility index (Phi) is 6.36. The first kappa shape index (κ1) is 20.4. The standard InChI is InChI=1S/C21H26N2O4S/c1-3-27-20-10-5-4-9-19(20)21(24)22-17-11-13-18(14-12-17)28(25,26)23-15-7-6-8-16(23)2/h4-5,9-14,16H,3,6-8,15H2,1-2H3,(H,22,24)/t16-/m0/s1. The van der Waals surface area contributed by atoms with Crippen LogP contribution in [0.25, 0.3) is 0 Å². The monoisotopic (exact) mass is 402 g/mol. The van der Waals surface area contributed by atoms with Crippen LogP contribution < -0.4 is 10.1 Å². The van der Waals surface area contributed by atoms with Crippen LogP contribution >= 0.6 is 0 Å². The van der Waals surface area contributed by atoms with E-state index in [-0.39, 0.29) is 16.8 Å². The van der Waals surface area contributed by atoms with E-state index in [1.165, 1.54) is 0 Å². The summed E-state index contributed by atoms with van der Waals surface area (Å²) < 4.78 is 32.8. The highest BCUT2D eigenvalue weighted by atomic mass is 32.2. The Morgan fingerprint density at radius 3 is 2.54 bits per heavy atom. The lowest BCUT2D eigenvalue weighted by atomic mass is 10.1. The lowest BCUT2D eigenvalue weighted by Gasteiger charge is -2.32. The predicted molar refractivity (Wildman–Crippen MR) is 109 cm³/mol. The molecule has 1 aliphatic heterocycles. The number of rotatable bonds is 6. The fourth-order valence-electron chi connectivity index (χ4n) is 3.41. The molecule has 1 atom stereocenters. The molecule has 1 saturated heterocycles. The minimum atomic E-state index is -3.52. The van der Waals surface area contributed by atoms with E-state index in [2.05, 4.69) is 5.32 Å². The number of piperidine rings is 1. The summed E-state index contributed by atoms with van der Waals surface area (Å²) in [4.78, 5) is 12.8. The number of hydrogen-bond donors (Lipinski definition) is 1. The number of ether oxygens (including phenoxy) is 1. The van der Waals surface area contributed by atoms with Gasteiger partial charge in [0, 0.05) is 18.3 Å². The van der Waals surface area contributed by atoms with Crippen molar-refractivity contribution in [2.24, 2.45) is 0 Å². The number of sulfonamides is 1. The minimum Gasteiger partial charge on any atom is -0.493 e. The van der Waals surface area contributed by atoms with Crippen LogP contribution in [0.4, 0.5) is 5.69 Å². The van der Waals surface area contributed by atoms with E-state index in [4.69, 9.17) is 4.74 Å². The molecule has 2 aromatic carbocycles. The second kappa shape index (κ2) is 8.75. The van der Waals surface area contributed by atoms with Gasteiger partial charge >= 0.3 is 0 Å². The van der Waals surface area contributed by atoms with Crippen LogP contribution in [0.3, 0.4) is 0 Å². The first-order valence-electron chi connectivity index (χ1n) is 9.58. The summed E-state index contributed by atoms with van der Waals surface area (Å²) in [5.74, 6) is 0.213. The van der Waals surface area contributed by atoms with Crippen LogP contribution in [0, 0.1) is 0 Å². The Hall–Kier alpha value is -2.38. The largest absolute Gasteiger partial charge is 0.493 e. The lowest BCUT2D eigenvalue weighted by Crippen LogP contribution is -2.41. The van der Waals surface area contributed by atoms with Crippen LogP contribution in [0.1, 0.15) is 43.5 Å². The molecule has 6 nitrogen and oxygen atoms in total. The van der Waals surface area contributed by atoms with E-state index in [0.29, 0.717) is 30.2 Å². The van der Waals surface area contributed by atoms with Crippen molar-refractivity contribution >= 4 is 21.6 Å². The van der Waals surface area contributed by atoms with Crippen molar-refractivity contribution in [3.63, 3.8) is 0 Å². The van der Waals surface area contributed by atoms with Crippen molar-refractivity contribution in [2.45, 2.75) is 44.0 Å². The zero-order chi connectivity index (χ0) is 20.1. The smallest absolute Gasteiger partial charge is 0.259 e. The van der Waals surface area contributed by atoms with Gasteiger partial charge in [-0.25, -0.2) is 8.42 Å². The highest BCUT2D eigenvalue weighted by Gasteiger charge is 2.30. The van der Waals surface area contributed by atoms with Crippen LogP contribution in [0.15, 0.2) is 53.4 Å². The van der Waals surface area contributed by atoms with Gasteiger partial charge in [0.2, 0.25) is 10.0 Å². The molecule has 0 spiro atoms. The third-order valence-corrected chi connectivity index (χ3v) is 6.92. The Balaban J connectivity index is 1.75. The molecule has 0 aliphatic carbocycles. The van der Waals surface area contributed by atoms with Crippen LogP contribution in [-0.4, -0.2) is 37.8 Å². The molecule has 7 heteroatoms. The molecule has 0 radical (unpaired) electrons. The van der Waals surface area contributed by atoms with Crippen molar-refractivity contribution in [2.75, 3.05) is 18.5 Å². The molecule has 0 unspecified atom stereocenters. The number of benzene rings is 2. The van der Waals surface area contributed by atoms with Gasteiger partial charge in [0.1, 0.15) is 5.75 Å². The number of carbonyl (C=O) groups excluding carboxylic acids is 1. The summed E-state index contributed by atoms with van der Waals surface area (Å²) in [6.45, 7) is 4.82. The first-order valence-corrected chi connectivity index (χ1v) is 11.0. The average Bonchev–Trinajstić information content (AvgIpc) is 2.69. The van der Waals surface area contributed by atoms with Gasteiger partial charge in [-0.1, -0.05) is 18.6 Å². The Bertz CT molecular complexity index is 926. The Morgan fingerprint density at radius 1 is 1.14 bits per heavy atom. The summed E-state index contributed by atoms with van der Waals surface area (Å²) in [7, 11) is -3.52. The van der Waals surface area contributed by atoms with Gasteiger partial charge in [0.15, 0.2) is 0 Å². The van der Waals surface area contributed by atoms with E-state index >= 15 is 0 Å². The Labute approximate surface area is 166 Å². The maximum Gasteiger partial charge on any atom is 0.259 e. The van der Waals surface area contributed by atoms with Gasteiger partial charge in [-0.3, -0.25) is 4.79 Å². The third kappa shape index (κ3) is 4.36. The average molecular weight is 403 g/mol. The molecular formula is C21H26N2O4S. The fourth-order valence-corrected chi connectivity index (χ4v) is 5.11. The number of nitrogens with zero attached hydrogens (tertiary/aromatic N) is 1. The molecule has 3 rings (SSSR count). The minimum absolute atomic E-state index is 0.00759. The molecule has 1 N–H and O–H groups in total. The predicted octanol–water partition coefficient (Wildman–Crippen LogP) is 3.90. The number of nitrogens with one attached hydrogen (secondary N) is 1. The summed E-state index contributed by atoms with van der Waals surface area (Å²) >= 11 is 0. The van der Waals surface area contributed by atoms with Crippen molar-refractivity contribution in [3.05, 3.63) is 54.1 Å². The van der Waals surface area contributed by atoms with Crippen molar-refractivity contribution < 1.29 is 17.9 Å². The second-order valence-electron chi connectivity index (χ2n) is 6.87. The second-order valence-corrected chi connectivity index (χ2v) is 8.76. The van der Waals surface area contributed by atoms with Crippen molar-refractivity contribution in [1.29, 1.82) is 0 Å². The van der Waals surface area contributed by atoms with E-state index in [1.54, 1.807) is 46.8 Å². The van der Waals surface area contributed by atoms with Gasteiger partial charge in [0.25, 0.3) is 5.91 Å². The van der Waals surface area contributed by atoms with Gasteiger partial charge in [-0.2, -0.15) is 4.31 Å². The molecule has 28 heavy (non-hydrogen) atoms. The molecule has 1 amide bonds. The summed E-state index contributed by atoms with van der Waals surface area (Å²) in [6.07, 6.45) is 2.82. The van der Waals surface area contributed by atoms with E-state index < -0.39 is 10.0 Å². The van der Waals surface area contributed by atoms with Gasteiger partial charge in [-0.05, 0) is 63.1 Å². The van der Waals surface area contributed by atoms with Crippen molar-refractivity contribution in [3.8, 4) is 5.75 Å². The van der Waals surface area contributed by atoms with Crippen LogP contribution in [-0.2, 0) is 10.0 Å². The summed E-state index contributed by atoms with van der Waals surface area (Å²) in [6, 6.07) is 13.3. The number of para-hydroxylation sites is 1. The number of hydrogen-bond acceptors (Lipinski definition) is 4. The van der Waals surface area contributed by atoms with Crippen LogP contribution in [0.5, 0.6) is 5.75 Å². The first-order chi connectivity index (χ1) is 13.4. The number of anilines is 1. The van der Waals surface area contributed by atoms with Crippen molar-refractivity contribution in [1.82, 2.24) is 4.31 Å². The lowest BCUT2D eigenvalue weighted by molar-refractivity contribution is 0.102. The summed E-state index contributed by atoms with van der Waals surface area (Å²) in [5, 5.41) is 2.80. The SMILES string of the molecule is CCOc1ccccc1C(=O)Nc1ccc(S(=O)(=O)N2CCCC[C@@H]2C)cc1. The molecule has 1 aliphatic rings. The van der Waals surface area contributed by atoms with Gasteiger partial charge < -0.3 is 10.1 Å². The molecular weight excluding hydrogens is 376 g/mol. The van der Waals surface area contributed by atoms with Crippen LogP contribution in [0.2, 0.25) is 0 Å².